The average Bonchev–Trinajstić information content (AvgIpc) is 2.38. The van der Waals surface area contributed by atoms with Gasteiger partial charge in [-0.2, -0.15) is 0 Å². The van der Waals surface area contributed by atoms with E-state index in [-0.39, 0.29) is 12.7 Å². The van der Waals surface area contributed by atoms with E-state index in [1.807, 2.05) is 18.2 Å². The van der Waals surface area contributed by atoms with Crippen molar-refractivity contribution in [3.05, 3.63) is 34.9 Å². The average molecular weight is 254 g/mol. The Morgan fingerprint density at radius 2 is 1.94 bits per heavy atom. The van der Waals surface area contributed by atoms with Crippen molar-refractivity contribution in [3.8, 4) is 0 Å². The molecule has 0 radical (unpaired) electrons. The van der Waals surface area contributed by atoms with Gasteiger partial charge in [0, 0.05) is 23.7 Å². The second-order valence-corrected chi connectivity index (χ2v) is 4.60. The fourth-order valence-corrected chi connectivity index (χ4v) is 2.11. The Labute approximate surface area is 106 Å². The van der Waals surface area contributed by atoms with Gasteiger partial charge in [-0.25, -0.2) is 4.79 Å². The van der Waals surface area contributed by atoms with Gasteiger partial charge in [0.25, 0.3) is 0 Å². The molecule has 1 amide bonds. The number of carbonyl (C=O) groups excluding carboxylic acids is 1. The minimum Gasteiger partial charge on any atom is -0.444 e. The zero-order valence-corrected chi connectivity index (χ0v) is 10.4. The summed E-state index contributed by atoms with van der Waals surface area (Å²) in [6.45, 7) is 1.86. The van der Waals surface area contributed by atoms with Crippen molar-refractivity contribution in [2.75, 3.05) is 13.1 Å². The van der Waals surface area contributed by atoms with Crippen LogP contribution in [0.1, 0.15) is 24.8 Å². The second kappa shape index (κ2) is 5.92. The number of rotatable bonds is 2. The summed E-state index contributed by atoms with van der Waals surface area (Å²) in [5, 5.41) is 0.638. The molecule has 0 unspecified atom stereocenters. The number of halogens is 1. The lowest BCUT2D eigenvalue weighted by molar-refractivity contribution is 0.0895. The fraction of sp³-hybridized carbons (Fsp3) is 0.462. The molecule has 4 heteroatoms. The predicted octanol–water partition coefficient (Wildman–Crippen LogP) is 3.46. The number of amides is 1. The zero-order valence-electron chi connectivity index (χ0n) is 9.69. The van der Waals surface area contributed by atoms with Crippen LogP contribution in [0.5, 0.6) is 0 Å². The molecule has 0 saturated carbocycles. The third kappa shape index (κ3) is 3.37. The summed E-state index contributed by atoms with van der Waals surface area (Å²) in [5.74, 6) is 0. The Bertz CT molecular complexity index is 389. The summed E-state index contributed by atoms with van der Waals surface area (Å²) >= 11 is 5.99. The summed E-state index contributed by atoms with van der Waals surface area (Å²) in [4.78, 5) is 13.5. The molecule has 0 bridgehead atoms. The van der Waals surface area contributed by atoms with Gasteiger partial charge in [-0.05, 0) is 25.3 Å². The van der Waals surface area contributed by atoms with Gasteiger partial charge in [0.2, 0.25) is 0 Å². The van der Waals surface area contributed by atoms with Crippen molar-refractivity contribution in [1.29, 1.82) is 0 Å². The monoisotopic (exact) mass is 253 g/mol. The van der Waals surface area contributed by atoms with Crippen molar-refractivity contribution < 1.29 is 9.53 Å². The van der Waals surface area contributed by atoms with Crippen LogP contribution in [0.2, 0.25) is 5.02 Å². The topological polar surface area (TPSA) is 29.5 Å². The van der Waals surface area contributed by atoms with Gasteiger partial charge in [0.15, 0.2) is 0 Å². The van der Waals surface area contributed by atoms with Crippen LogP contribution in [-0.4, -0.2) is 24.1 Å². The maximum Gasteiger partial charge on any atom is 0.410 e. The van der Waals surface area contributed by atoms with Crippen molar-refractivity contribution in [3.63, 3.8) is 0 Å². The highest BCUT2D eigenvalue weighted by molar-refractivity contribution is 6.31. The lowest BCUT2D eigenvalue weighted by Gasteiger charge is -2.25. The SMILES string of the molecule is O=C(OCc1ccccc1Cl)N1CCCCC1. The van der Waals surface area contributed by atoms with Crippen LogP contribution in [0.4, 0.5) is 4.79 Å². The molecular weight excluding hydrogens is 238 g/mol. The van der Waals surface area contributed by atoms with Crippen molar-refractivity contribution in [2.45, 2.75) is 25.9 Å². The molecule has 0 spiro atoms. The van der Waals surface area contributed by atoms with Gasteiger partial charge in [-0.15, -0.1) is 0 Å². The number of ether oxygens (including phenoxy) is 1. The van der Waals surface area contributed by atoms with Gasteiger partial charge in [0.05, 0.1) is 0 Å². The summed E-state index contributed by atoms with van der Waals surface area (Å²) in [6.07, 6.45) is 3.11. The number of piperidine rings is 1. The normalized spacial score (nSPS) is 15.7. The predicted molar refractivity (Wildman–Crippen MR) is 67.1 cm³/mol. The van der Waals surface area contributed by atoms with Crippen molar-refractivity contribution >= 4 is 17.7 Å². The van der Waals surface area contributed by atoms with E-state index in [9.17, 15) is 4.79 Å². The van der Waals surface area contributed by atoms with Crippen molar-refractivity contribution in [1.82, 2.24) is 4.90 Å². The Balaban J connectivity index is 1.85. The molecular formula is C13H16ClNO2. The summed E-state index contributed by atoms with van der Waals surface area (Å²) in [6, 6.07) is 7.41. The number of likely N-dealkylation sites (tertiary alicyclic amines) is 1. The number of nitrogens with zero attached hydrogens (tertiary/aromatic N) is 1. The molecule has 17 heavy (non-hydrogen) atoms. The van der Waals surface area contributed by atoms with Crippen LogP contribution in [0, 0.1) is 0 Å². The van der Waals surface area contributed by atoms with E-state index in [1.165, 1.54) is 6.42 Å². The maximum absolute atomic E-state index is 11.7. The molecule has 0 N–H and O–H groups in total. The zero-order chi connectivity index (χ0) is 12.1. The van der Waals surface area contributed by atoms with E-state index in [2.05, 4.69) is 0 Å². The molecule has 1 fully saturated rings. The molecule has 1 heterocycles. The first-order valence-electron chi connectivity index (χ1n) is 5.92. The highest BCUT2D eigenvalue weighted by Gasteiger charge is 2.17. The second-order valence-electron chi connectivity index (χ2n) is 4.19. The Hall–Kier alpha value is -1.22. The van der Waals surface area contributed by atoms with E-state index in [0.29, 0.717) is 5.02 Å². The number of benzene rings is 1. The minimum absolute atomic E-state index is 0.232. The highest BCUT2D eigenvalue weighted by Crippen LogP contribution is 2.17. The fourth-order valence-electron chi connectivity index (χ4n) is 1.92. The lowest BCUT2D eigenvalue weighted by Crippen LogP contribution is -2.35. The Morgan fingerprint density at radius 1 is 1.24 bits per heavy atom. The first kappa shape index (κ1) is 12.2. The standard InChI is InChI=1S/C13H16ClNO2/c14-12-7-3-2-6-11(12)10-17-13(16)15-8-4-1-5-9-15/h2-3,6-7H,1,4-5,8-10H2. The Kier molecular flexibility index (Phi) is 4.26. The van der Waals surface area contributed by atoms with Crippen LogP contribution in [-0.2, 0) is 11.3 Å². The number of hydrogen-bond donors (Lipinski definition) is 0. The maximum atomic E-state index is 11.7. The van der Waals surface area contributed by atoms with Gasteiger partial charge in [-0.3, -0.25) is 0 Å². The third-order valence-corrected chi connectivity index (χ3v) is 3.29. The van der Waals surface area contributed by atoms with Crippen LogP contribution in [0.25, 0.3) is 0 Å². The van der Waals surface area contributed by atoms with Gasteiger partial charge >= 0.3 is 6.09 Å². The van der Waals surface area contributed by atoms with Crippen molar-refractivity contribution in [2.24, 2.45) is 0 Å². The smallest absolute Gasteiger partial charge is 0.410 e. The first-order valence-corrected chi connectivity index (χ1v) is 6.30. The molecule has 3 nitrogen and oxygen atoms in total. The summed E-state index contributed by atoms with van der Waals surface area (Å²) in [7, 11) is 0. The molecule has 1 aromatic carbocycles. The highest BCUT2D eigenvalue weighted by atomic mass is 35.5. The van der Waals surface area contributed by atoms with Crippen LogP contribution in [0.3, 0.4) is 0 Å². The Morgan fingerprint density at radius 3 is 2.65 bits per heavy atom. The molecule has 1 aliphatic rings. The van der Waals surface area contributed by atoms with E-state index < -0.39 is 0 Å². The van der Waals surface area contributed by atoms with Crippen LogP contribution in [0.15, 0.2) is 24.3 Å². The summed E-state index contributed by atoms with van der Waals surface area (Å²) < 4.78 is 5.25. The van der Waals surface area contributed by atoms with E-state index >= 15 is 0 Å². The number of hydrogen-bond acceptors (Lipinski definition) is 2. The minimum atomic E-state index is -0.232. The molecule has 1 aromatic rings. The molecule has 1 aliphatic heterocycles. The molecule has 0 atom stereocenters. The molecule has 92 valence electrons. The van der Waals surface area contributed by atoms with Crippen LogP contribution >= 0.6 is 11.6 Å². The lowest BCUT2D eigenvalue weighted by atomic mass is 10.1. The van der Waals surface area contributed by atoms with Gasteiger partial charge in [0.1, 0.15) is 6.61 Å². The first-order chi connectivity index (χ1) is 8.27. The molecule has 0 aliphatic carbocycles. The van der Waals surface area contributed by atoms with E-state index in [0.717, 1.165) is 31.5 Å². The van der Waals surface area contributed by atoms with Gasteiger partial charge < -0.3 is 9.64 Å². The van der Waals surface area contributed by atoms with Crippen LogP contribution < -0.4 is 0 Å². The largest absolute Gasteiger partial charge is 0.444 e. The molecule has 2 rings (SSSR count). The van der Waals surface area contributed by atoms with E-state index in [4.69, 9.17) is 16.3 Å². The quantitative estimate of drug-likeness (QED) is 0.808. The van der Waals surface area contributed by atoms with Gasteiger partial charge in [-0.1, -0.05) is 29.8 Å². The molecule has 1 saturated heterocycles. The third-order valence-electron chi connectivity index (χ3n) is 2.92. The van der Waals surface area contributed by atoms with E-state index in [1.54, 1.807) is 11.0 Å². The summed E-state index contributed by atoms with van der Waals surface area (Å²) in [5.41, 5.74) is 0.847. The number of carbonyl (C=O) groups is 1. The molecule has 0 aromatic heterocycles.